The minimum atomic E-state index is -0.0726. The molecule has 1 saturated carbocycles. The van der Waals surface area contributed by atoms with Crippen LogP contribution in [0.2, 0.25) is 0 Å². The lowest BCUT2D eigenvalue weighted by molar-refractivity contribution is -0.124. The molecule has 19 heavy (non-hydrogen) atoms. The molecular formula is C16H22N2O. The third-order valence-corrected chi connectivity index (χ3v) is 4.17. The van der Waals surface area contributed by atoms with E-state index in [0.29, 0.717) is 6.04 Å². The molecule has 3 rings (SSSR count). The molecule has 1 aromatic carbocycles. The Morgan fingerprint density at radius 3 is 2.84 bits per heavy atom. The average molecular weight is 258 g/mol. The van der Waals surface area contributed by atoms with Crippen molar-refractivity contribution in [3.63, 3.8) is 0 Å². The summed E-state index contributed by atoms with van der Waals surface area (Å²) in [5, 5.41) is 6.49. The van der Waals surface area contributed by atoms with Crippen molar-refractivity contribution in [3.05, 3.63) is 35.4 Å². The summed E-state index contributed by atoms with van der Waals surface area (Å²) in [6.07, 6.45) is 4.62. The number of hydrogen-bond donors (Lipinski definition) is 2. The van der Waals surface area contributed by atoms with E-state index in [9.17, 15) is 4.79 Å². The van der Waals surface area contributed by atoms with E-state index in [4.69, 9.17) is 0 Å². The lowest BCUT2D eigenvalue weighted by Crippen LogP contribution is -2.49. The Kier molecular flexibility index (Phi) is 3.56. The van der Waals surface area contributed by atoms with E-state index in [-0.39, 0.29) is 11.9 Å². The first kappa shape index (κ1) is 12.7. The van der Waals surface area contributed by atoms with Crippen LogP contribution in [0.3, 0.4) is 0 Å². The van der Waals surface area contributed by atoms with Gasteiger partial charge in [-0.25, -0.2) is 0 Å². The summed E-state index contributed by atoms with van der Waals surface area (Å²) in [5.41, 5.74) is 2.62. The van der Waals surface area contributed by atoms with Crippen molar-refractivity contribution in [1.82, 2.24) is 10.6 Å². The summed E-state index contributed by atoms with van der Waals surface area (Å²) in [7, 11) is 0. The Bertz CT molecular complexity index is 468. The Morgan fingerprint density at radius 2 is 2.11 bits per heavy atom. The molecule has 102 valence electrons. The monoisotopic (exact) mass is 258 g/mol. The number of nitrogens with one attached hydrogen (secondary N) is 2. The second-order valence-corrected chi connectivity index (χ2v) is 6.00. The van der Waals surface area contributed by atoms with E-state index in [1.54, 1.807) is 0 Å². The van der Waals surface area contributed by atoms with Crippen LogP contribution in [0.25, 0.3) is 0 Å². The number of hydrogen-bond acceptors (Lipinski definition) is 2. The van der Waals surface area contributed by atoms with Gasteiger partial charge >= 0.3 is 0 Å². The summed E-state index contributed by atoms with van der Waals surface area (Å²) >= 11 is 0. The van der Waals surface area contributed by atoms with Gasteiger partial charge in [0.1, 0.15) is 0 Å². The van der Waals surface area contributed by atoms with E-state index < -0.39 is 0 Å². The first-order valence-electron chi connectivity index (χ1n) is 7.33. The lowest BCUT2D eigenvalue weighted by Gasteiger charge is -2.26. The number of benzene rings is 1. The van der Waals surface area contributed by atoms with E-state index >= 15 is 0 Å². The van der Waals surface area contributed by atoms with E-state index in [1.165, 1.54) is 24.0 Å². The molecule has 0 saturated heterocycles. The summed E-state index contributed by atoms with van der Waals surface area (Å²) in [6.45, 7) is 2.91. The zero-order valence-electron chi connectivity index (χ0n) is 11.5. The fourth-order valence-corrected chi connectivity index (χ4v) is 2.90. The highest BCUT2D eigenvalue weighted by atomic mass is 16.2. The third-order valence-electron chi connectivity index (χ3n) is 4.17. The summed E-state index contributed by atoms with van der Waals surface area (Å²) < 4.78 is 0. The highest BCUT2D eigenvalue weighted by Gasteiger charge is 2.27. The van der Waals surface area contributed by atoms with Crippen LogP contribution in [0.15, 0.2) is 24.3 Å². The summed E-state index contributed by atoms with van der Waals surface area (Å²) in [6, 6.07) is 8.60. The largest absolute Gasteiger partial charge is 0.352 e. The van der Waals surface area contributed by atoms with Gasteiger partial charge in [-0.3, -0.25) is 4.79 Å². The van der Waals surface area contributed by atoms with Crippen molar-refractivity contribution < 1.29 is 4.79 Å². The summed E-state index contributed by atoms with van der Waals surface area (Å²) in [5.74, 6) is 1.01. The highest BCUT2D eigenvalue weighted by Crippen LogP contribution is 2.33. The van der Waals surface area contributed by atoms with Crippen molar-refractivity contribution in [1.29, 1.82) is 0 Å². The molecule has 1 fully saturated rings. The topological polar surface area (TPSA) is 41.1 Å². The predicted molar refractivity (Wildman–Crippen MR) is 75.7 cm³/mol. The van der Waals surface area contributed by atoms with Gasteiger partial charge in [-0.05, 0) is 36.8 Å². The van der Waals surface area contributed by atoms with Crippen LogP contribution in [0.1, 0.15) is 37.3 Å². The van der Waals surface area contributed by atoms with Crippen molar-refractivity contribution in [2.24, 2.45) is 5.92 Å². The van der Waals surface area contributed by atoms with Gasteiger partial charge in [-0.2, -0.15) is 0 Å². The van der Waals surface area contributed by atoms with Gasteiger partial charge < -0.3 is 10.6 Å². The molecule has 0 aromatic heterocycles. The van der Waals surface area contributed by atoms with Crippen LogP contribution in [0.4, 0.5) is 0 Å². The van der Waals surface area contributed by atoms with Crippen LogP contribution in [-0.4, -0.2) is 18.0 Å². The van der Waals surface area contributed by atoms with Crippen LogP contribution in [-0.2, 0) is 17.8 Å². The molecule has 0 unspecified atom stereocenters. The SMILES string of the molecule is C[C@@H](CC1CC1)NC(=O)[C@H]1Cc2ccccc2CN1. The smallest absolute Gasteiger partial charge is 0.237 e. The number of carbonyl (C=O) groups is 1. The van der Waals surface area contributed by atoms with Gasteiger partial charge in [-0.15, -0.1) is 0 Å². The van der Waals surface area contributed by atoms with Gasteiger partial charge in [0.05, 0.1) is 6.04 Å². The molecule has 1 aliphatic heterocycles. The quantitative estimate of drug-likeness (QED) is 0.867. The fourth-order valence-electron chi connectivity index (χ4n) is 2.90. The number of fused-ring (bicyclic) bond motifs is 1. The maximum absolute atomic E-state index is 12.2. The van der Waals surface area contributed by atoms with E-state index in [1.807, 2.05) is 0 Å². The molecular weight excluding hydrogens is 236 g/mol. The second-order valence-electron chi connectivity index (χ2n) is 6.00. The molecule has 0 radical (unpaired) electrons. The van der Waals surface area contributed by atoms with Crippen molar-refractivity contribution in [2.45, 2.75) is 51.2 Å². The molecule has 0 bridgehead atoms. The minimum Gasteiger partial charge on any atom is -0.352 e. The van der Waals surface area contributed by atoms with Crippen molar-refractivity contribution >= 4 is 5.91 Å². The first-order valence-corrected chi connectivity index (χ1v) is 7.33. The van der Waals surface area contributed by atoms with Crippen LogP contribution in [0.5, 0.6) is 0 Å². The van der Waals surface area contributed by atoms with E-state index in [0.717, 1.165) is 25.3 Å². The zero-order valence-corrected chi connectivity index (χ0v) is 11.5. The maximum atomic E-state index is 12.2. The van der Waals surface area contributed by atoms with Crippen LogP contribution in [0, 0.1) is 5.92 Å². The van der Waals surface area contributed by atoms with Gasteiger partial charge in [0.25, 0.3) is 0 Å². The lowest BCUT2D eigenvalue weighted by atomic mass is 9.95. The van der Waals surface area contributed by atoms with Crippen molar-refractivity contribution in [2.75, 3.05) is 0 Å². The number of amides is 1. The highest BCUT2D eigenvalue weighted by molar-refractivity contribution is 5.82. The Hall–Kier alpha value is -1.35. The Balaban J connectivity index is 1.56. The molecule has 0 spiro atoms. The van der Waals surface area contributed by atoms with Crippen LogP contribution >= 0.6 is 0 Å². The van der Waals surface area contributed by atoms with Gasteiger partial charge in [0.15, 0.2) is 0 Å². The molecule has 2 aliphatic rings. The molecule has 2 N–H and O–H groups in total. The number of rotatable bonds is 4. The van der Waals surface area contributed by atoms with Crippen LogP contribution < -0.4 is 10.6 Å². The summed E-state index contributed by atoms with van der Waals surface area (Å²) in [4.78, 5) is 12.2. The van der Waals surface area contributed by atoms with E-state index in [2.05, 4.69) is 41.8 Å². The average Bonchev–Trinajstić information content (AvgIpc) is 3.21. The van der Waals surface area contributed by atoms with Gasteiger partial charge in [0.2, 0.25) is 5.91 Å². The standard InChI is InChI=1S/C16H22N2O/c1-11(8-12-6-7-12)18-16(19)15-9-13-4-2-3-5-14(13)10-17-15/h2-5,11-12,15,17H,6-10H2,1H3,(H,18,19)/t11-,15+/m0/s1. The molecule has 1 aliphatic carbocycles. The second kappa shape index (κ2) is 5.33. The molecule has 3 nitrogen and oxygen atoms in total. The molecule has 1 aromatic rings. The normalized spacial score (nSPS) is 23.5. The first-order chi connectivity index (χ1) is 9.22. The molecule has 1 amide bonds. The molecule has 1 heterocycles. The fraction of sp³-hybridized carbons (Fsp3) is 0.562. The number of carbonyl (C=O) groups excluding carboxylic acids is 1. The Labute approximate surface area is 114 Å². The Morgan fingerprint density at radius 1 is 1.37 bits per heavy atom. The minimum absolute atomic E-state index is 0.0726. The van der Waals surface area contributed by atoms with Gasteiger partial charge in [0, 0.05) is 12.6 Å². The molecule has 3 heteroatoms. The molecule has 2 atom stereocenters. The van der Waals surface area contributed by atoms with Gasteiger partial charge in [-0.1, -0.05) is 37.1 Å². The third kappa shape index (κ3) is 3.16. The zero-order chi connectivity index (χ0) is 13.2. The predicted octanol–water partition coefficient (Wildman–Crippen LogP) is 2.01. The van der Waals surface area contributed by atoms with Crippen molar-refractivity contribution in [3.8, 4) is 0 Å². The maximum Gasteiger partial charge on any atom is 0.237 e.